The molecule has 0 N–H and O–H groups in total. The number of nitrogens with zero attached hydrogens (tertiary/aromatic N) is 4. The zero-order valence-corrected chi connectivity index (χ0v) is 17.8. The number of aryl methyl sites for hydroxylation is 1. The Balaban J connectivity index is 1.49. The number of para-hydroxylation sites is 2. The first kappa shape index (κ1) is 19.3. The number of carbonyl (C=O) groups is 1. The van der Waals surface area contributed by atoms with Crippen molar-refractivity contribution in [2.75, 3.05) is 12.3 Å². The van der Waals surface area contributed by atoms with Gasteiger partial charge in [0.2, 0.25) is 5.91 Å². The van der Waals surface area contributed by atoms with Crippen molar-refractivity contribution in [1.82, 2.24) is 14.5 Å². The Hall–Kier alpha value is -2.00. The topological polar surface area (TPSA) is 61.9 Å². The Morgan fingerprint density at radius 1 is 1.32 bits per heavy atom. The third kappa shape index (κ3) is 3.65. The zero-order chi connectivity index (χ0) is 19.9. The number of thioether (sulfide) groups is 1. The SMILES string of the molecule is CC1(C)C[C@@H]2C[C@@](C)(CN2C(=O)CSc2nc3ccccc3n2CCC#N)C1. The first-order valence-corrected chi connectivity index (χ1v) is 11.0. The third-order valence-electron chi connectivity index (χ3n) is 6.13. The maximum Gasteiger partial charge on any atom is 0.233 e. The van der Waals surface area contributed by atoms with Gasteiger partial charge in [0, 0.05) is 19.1 Å². The van der Waals surface area contributed by atoms with Crippen molar-refractivity contribution in [3.63, 3.8) is 0 Å². The van der Waals surface area contributed by atoms with Gasteiger partial charge in [-0.15, -0.1) is 0 Å². The Labute approximate surface area is 171 Å². The van der Waals surface area contributed by atoms with Crippen LogP contribution in [0.15, 0.2) is 29.4 Å². The first-order valence-electron chi connectivity index (χ1n) is 10.0. The monoisotopic (exact) mass is 396 g/mol. The summed E-state index contributed by atoms with van der Waals surface area (Å²) < 4.78 is 2.07. The van der Waals surface area contributed by atoms with E-state index in [1.165, 1.54) is 18.2 Å². The Bertz CT molecular complexity index is 944. The highest BCUT2D eigenvalue weighted by Gasteiger charge is 2.50. The lowest BCUT2D eigenvalue weighted by molar-refractivity contribution is -0.129. The minimum atomic E-state index is 0.218. The Morgan fingerprint density at radius 3 is 2.89 bits per heavy atom. The van der Waals surface area contributed by atoms with Crippen molar-refractivity contribution in [1.29, 1.82) is 5.26 Å². The number of benzene rings is 1. The molecule has 2 atom stereocenters. The summed E-state index contributed by atoms with van der Waals surface area (Å²) in [4.78, 5) is 19.9. The standard InChI is InChI=1S/C22H28N4OS/c1-21(2)11-16-12-22(3,14-21)15-26(16)19(27)13-28-20-24-17-7-4-5-8-18(17)25(20)10-6-9-23/h4-5,7-8,16H,6,10-15H2,1-3H3/t16-,22-/m1/s1. The van der Waals surface area contributed by atoms with Crippen LogP contribution in [-0.4, -0.2) is 38.7 Å². The largest absolute Gasteiger partial charge is 0.338 e. The second-order valence-corrected chi connectivity index (χ2v) is 10.4. The van der Waals surface area contributed by atoms with E-state index in [2.05, 4.69) is 36.3 Å². The third-order valence-corrected chi connectivity index (χ3v) is 7.09. The highest BCUT2D eigenvalue weighted by Crippen LogP contribution is 2.52. The molecule has 1 saturated heterocycles. The van der Waals surface area contributed by atoms with E-state index in [0.717, 1.165) is 35.6 Å². The number of likely N-dealkylation sites (tertiary alicyclic amines) is 1. The lowest BCUT2D eigenvalue weighted by Gasteiger charge is -2.39. The molecule has 6 heteroatoms. The number of hydrogen-bond donors (Lipinski definition) is 0. The van der Waals surface area contributed by atoms with E-state index in [0.29, 0.717) is 30.2 Å². The quantitative estimate of drug-likeness (QED) is 0.700. The van der Waals surface area contributed by atoms with Gasteiger partial charge in [-0.3, -0.25) is 4.79 Å². The van der Waals surface area contributed by atoms with Crippen molar-refractivity contribution in [2.24, 2.45) is 10.8 Å². The smallest absolute Gasteiger partial charge is 0.233 e. The number of fused-ring (bicyclic) bond motifs is 3. The van der Waals surface area contributed by atoms with E-state index < -0.39 is 0 Å². The summed E-state index contributed by atoms with van der Waals surface area (Å²) >= 11 is 1.50. The van der Waals surface area contributed by atoms with Gasteiger partial charge in [-0.2, -0.15) is 5.26 Å². The molecule has 4 rings (SSSR count). The van der Waals surface area contributed by atoms with Gasteiger partial charge in [0.25, 0.3) is 0 Å². The highest BCUT2D eigenvalue weighted by atomic mass is 32.2. The molecule has 2 heterocycles. The number of aromatic nitrogens is 2. The fourth-order valence-electron chi connectivity index (χ4n) is 5.50. The normalized spacial score (nSPS) is 25.8. The second-order valence-electron chi connectivity index (χ2n) is 9.47. The van der Waals surface area contributed by atoms with Crippen LogP contribution in [0.1, 0.15) is 46.5 Å². The molecule has 1 aliphatic carbocycles. The summed E-state index contributed by atoms with van der Waals surface area (Å²) in [5.41, 5.74) is 2.51. The lowest BCUT2D eigenvalue weighted by Crippen LogP contribution is -2.38. The molecule has 2 bridgehead atoms. The van der Waals surface area contributed by atoms with Gasteiger partial charge in [0.1, 0.15) is 0 Å². The Kier molecular flexibility index (Phi) is 4.91. The zero-order valence-electron chi connectivity index (χ0n) is 16.9. The molecule has 2 fully saturated rings. The van der Waals surface area contributed by atoms with Gasteiger partial charge >= 0.3 is 0 Å². The molecule has 0 unspecified atom stereocenters. The molecule has 1 amide bonds. The van der Waals surface area contributed by atoms with Crippen molar-refractivity contribution in [3.05, 3.63) is 24.3 Å². The van der Waals surface area contributed by atoms with E-state index in [1.54, 1.807) is 0 Å². The average molecular weight is 397 g/mol. The summed E-state index contributed by atoms with van der Waals surface area (Å²) in [7, 11) is 0. The molecule has 148 valence electrons. The number of amides is 1. The van der Waals surface area contributed by atoms with Gasteiger partial charge in [-0.25, -0.2) is 4.98 Å². The fraction of sp³-hybridized carbons (Fsp3) is 0.591. The molecule has 1 aliphatic heterocycles. The van der Waals surface area contributed by atoms with Crippen molar-refractivity contribution < 1.29 is 4.79 Å². The predicted octanol–water partition coefficient (Wildman–Crippen LogP) is 4.47. The van der Waals surface area contributed by atoms with Crippen LogP contribution in [0.2, 0.25) is 0 Å². The van der Waals surface area contributed by atoms with Crippen molar-refractivity contribution in [3.8, 4) is 6.07 Å². The maximum atomic E-state index is 13.1. The molecule has 1 aromatic carbocycles. The number of nitriles is 1. The van der Waals surface area contributed by atoms with Crippen LogP contribution < -0.4 is 0 Å². The molecule has 0 radical (unpaired) electrons. The van der Waals surface area contributed by atoms with Gasteiger partial charge in [-0.05, 0) is 42.2 Å². The Morgan fingerprint density at radius 2 is 2.11 bits per heavy atom. The fourth-order valence-corrected chi connectivity index (χ4v) is 6.43. The highest BCUT2D eigenvalue weighted by molar-refractivity contribution is 7.99. The molecule has 2 aliphatic rings. The van der Waals surface area contributed by atoms with Gasteiger partial charge in [0.15, 0.2) is 5.16 Å². The van der Waals surface area contributed by atoms with Crippen LogP contribution in [0.4, 0.5) is 0 Å². The van der Waals surface area contributed by atoms with E-state index >= 15 is 0 Å². The predicted molar refractivity (Wildman–Crippen MR) is 112 cm³/mol. The van der Waals surface area contributed by atoms with Crippen LogP contribution in [0.5, 0.6) is 0 Å². The summed E-state index contributed by atoms with van der Waals surface area (Å²) in [5, 5.41) is 9.82. The molecule has 2 aromatic rings. The summed E-state index contributed by atoms with van der Waals surface area (Å²) in [6.07, 6.45) is 3.86. The minimum absolute atomic E-state index is 0.218. The molecule has 1 aromatic heterocycles. The number of rotatable bonds is 5. The molecular weight excluding hydrogens is 368 g/mol. The average Bonchev–Trinajstić information content (AvgIpc) is 3.10. The maximum absolute atomic E-state index is 13.1. The van der Waals surface area contributed by atoms with Crippen molar-refractivity contribution in [2.45, 2.75) is 64.2 Å². The number of hydrogen-bond acceptors (Lipinski definition) is 4. The van der Waals surface area contributed by atoms with Gasteiger partial charge in [-0.1, -0.05) is 44.7 Å². The summed E-state index contributed by atoms with van der Waals surface area (Å²) in [6.45, 7) is 8.48. The molecule has 0 spiro atoms. The molecular formula is C22H28N4OS. The summed E-state index contributed by atoms with van der Waals surface area (Å²) in [6, 6.07) is 10.5. The van der Waals surface area contributed by atoms with Gasteiger partial charge in [0.05, 0.1) is 29.3 Å². The molecule has 5 nitrogen and oxygen atoms in total. The minimum Gasteiger partial charge on any atom is -0.338 e. The van der Waals surface area contributed by atoms with Crippen molar-refractivity contribution >= 4 is 28.7 Å². The van der Waals surface area contributed by atoms with Crippen LogP contribution in [0, 0.1) is 22.2 Å². The second kappa shape index (κ2) is 7.11. The summed E-state index contributed by atoms with van der Waals surface area (Å²) in [5.74, 6) is 0.624. The van der Waals surface area contributed by atoms with Crippen LogP contribution >= 0.6 is 11.8 Å². The number of carbonyl (C=O) groups excluding carboxylic acids is 1. The van der Waals surface area contributed by atoms with Crippen LogP contribution in [0.3, 0.4) is 0 Å². The van der Waals surface area contributed by atoms with E-state index in [4.69, 9.17) is 10.2 Å². The van der Waals surface area contributed by atoms with Gasteiger partial charge < -0.3 is 9.47 Å². The lowest BCUT2D eigenvalue weighted by atomic mass is 9.65. The molecule has 28 heavy (non-hydrogen) atoms. The van der Waals surface area contributed by atoms with E-state index in [1.807, 2.05) is 24.3 Å². The van der Waals surface area contributed by atoms with Crippen LogP contribution in [0.25, 0.3) is 11.0 Å². The number of imidazole rings is 1. The van der Waals surface area contributed by atoms with E-state index in [-0.39, 0.29) is 11.3 Å². The first-order chi connectivity index (χ1) is 13.3. The van der Waals surface area contributed by atoms with E-state index in [9.17, 15) is 4.79 Å². The van der Waals surface area contributed by atoms with Crippen LogP contribution in [-0.2, 0) is 11.3 Å². The molecule has 1 saturated carbocycles.